The molecule has 3 aromatic rings. The van der Waals surface area contributed by atoms with E-state index in [0.29, 0.717) is 11.3 Å². The minimum Gasteiger partial charge on any atom is -0.429 e. The number of esters is 2. The van der Waals surface area contributed by atoms with Crippen molar-refractivity contribution in [3.63, 3.8) is 0 Å². The third-order valence-corrected chi connectivity index (χ3v) is 4.60. The molecule has 0 aliphatic heterocycles. The predicted octanol–water partition coefficient (Wildman–Crippen LogP) is 6.44. The Hall–Kier alpha value is -4.26. The molecule has 0 N–H and O–H groups in total. The van der Waals surface area contributed by atoms with Gasteiger partial charge in [-0.05, 0) is 73.5 Å². The second kappa shape index (κ2) is 10.1. The Morgan fingerprint density at radius 2 is 1.00 bits per heavy atom. The van der Waals surface area contributed by atoms with Crippen molar-refractivity contribution in [2.24, 2.45) is 0 Å². The zero-order valence-electron chi connectivity index (χ0n) is 18.6. The first-order valence-electron chi connectivity index (χ1n) is 10.2. The summed E-state index contributed by atoms with van der Waals surface area (Å²) in [7, 11) is 0. The standard InChI is InChI=1S/C27H22F2O5/c1-17(2)25(30)32-22-11-5-19(6-12-22)20-7-13-24(14-8-20)34-27(28,29)21-9-15-23(16-10-21)33-26(31)18(3)4/h5-16H,1,3H2,2,4H3. The molecular weight excluding hydrogens is 442 g/mol. The summed E-state index contributed by atoms with van der Waals surface area (Å²) >= 11 is 0. The Morgan fingerprint density at radius 1 is 0.647 bits per heavy atom. The number of benzene rings is 3. The first-order valence-corrected chi connectivity index (χ1v) is 10.2. The van der Waals surface area contributed by atoms with E-state index < -0.39 is 23.6 Å². The fraction of sp³-hybridized carbons (Fsp3) is 0.111. The third-order valence-electron chi connectivity index (χ3n) is 4.60. The van der Waals surface area contributed by atoms with Crippen molar-refractivity contribution >= 4 is 11.9 Å². The van der Waals surface area contributed by atoms with Gasteiger partial charge in [-0.3, -0.25) is 0 Å². The molecule has 0 aliphatic rings. The van der Waals surface area contributed by atoms with Gasteiger partial charge in [-0.15, -0.1) is 0 Å². The quantitative estimate of drug-likeness (QED) is 0.218. The van der Waals surface area contributed by atoms with Crippen LogP contribution in [0.1, 0.15) is 19.4 Å². The van der Waals surface area contributed by atoms with E-state index in [2.05, 4.69) is 13.2 Å². The molecule has 0 amide bonds. The van der Waals surface area contributed by atoms with E-state index in [4.69, 9.17) is 14.2 Å². The van der Waals surface area contributed by atoms with Crippen LogP contribution in [0.25, 0.3) is 11.1 Å². The predicted molar refractivity (Wildman–Crippen MR) is 124 cm³/mol. The normalized spacial score (nSPS) is 10.8. The molecule has 0 atom stereocenters. The van der Waals surface area contributed by atoms with E-state index in [1.165, 1.54) is 31.2 Å². The number of rotatable bonds is 8. The SMILES string of the molecule is C=C(C)C(=O)Oc1ccc(-c2ccc(OC(F)(F)c3ccc(OC(=O)C(=C)C)cc3)cc2)cc1. The average molecular weight is 464 g/mol. The molecule has 0 fully saturated rings. The van der Waals surface area contributed by atoms with Gasteiger partial charge >= 0.3 is 18.0 Å². The number of hydrogen-bond acceptors (Lipinski definition) is 5. The molecule has 0 aromatic heterocycles. The minimum absolute atomic E-state index is 0.0291. The summed E-state index contributed by atoms with van der Waals surface area (Å²) in [5.74, 6) is -0.691. The van der Waals surface area contributed by atoms with Crippen LogP contribution in [0.4, 0.5) is 8.78 Å². The van der Waals surface area contributed by atoms with Gasteiger partial charge in [0.05, 0.1) is 5.56 Å². The molecule has 0 radical (unpaired) electrons. The summed E-state index contributed by atoms with van der Waals surface area (Å²) in [6.07, 6.45) is -3.60. The van der Waals surface area contributed by atoms with Gasteiger partial charge in [-0.25, -0.2) is 9.59 Å². The molecule has 5 nitrogen and oxygen atoms in total. The number of alkyl halides is 2. The monoisotopic (exact) mass is 464 g/mol. The van der Waals surface area contributed by atoms with Crippen LogP contribution in [0.15, 0.2) is 97.1 Å². The lowest BCUT2D eigenvalue weighted by atomic mass is 10.1. The Morgan fingerprint density at radius 3 is 1.38 bits per heavy atom. The number of carbonyl (C=O) groups is 2. The van der Waals surface area contributed by atoms with Gasteiger partial charge in [0.1, 0.15) is 17.2 Å². The van der Waals surface area contributed by atoms with Gasteiger partial charge in [-0.1, -0.05) is 37.4 Å². The van der Waals surface area contributed by atoms with Gasteiger partial charge in [-0.2, -0.15) is 8.78 Å². The van der Waals surface area contributed by atoms with E-state index in [0.717, 1.165) is 23.3 Å². The molecule has 7 heteroatoms. The first-order chi connectivity index (χ1) is 16.0. The molecule has 0 heterocycles. The van der Waals surface area contributed by atoms with Crippen molar-refractivity contribution in [2.45, 2.75) is 20.0 Å². The second-order valence-electron chi connectivity index (χ2n) is 7.53. The van der Waals surface area contributed by atoms with Crippen LogP contribution < -0.4 is 14.2 Å². The van der Waals surface area contributed by atoms with Gasteiger partial charge in [0.2, 0.25) is 0 Å². The second-order valence-corrected chi connectivity index (χ2v) is 7.53. The summed E-state index contributed by atoms with van der Waals surface area (Å²) < 4.78 is 44.3. The smallest absolute Gasteiger partial charge is 0.426 e. The summed E-state index contributed by atoms with van der Waals surface area (Å²) in [5.41, 5.74) is 1.65. The highest BCUT2D eigenvalue weighted by Gasteiger charge is 2.34. The maximum Gasteiger partial charge on any atom is 0.426 e. The zero-order valence-corrected chi connectivity index (χ0v) is 18.6. The third kappa shape index (κ3) is 6.16. The van der Waals surface area contributed by atoms with Crippen LogP contribution in [0.5, 0.6) is 17.2 Å². The Balaban J connectivity index is 1.66. The van der Waals surface area contributed by atoms with Crippen molar-refractivity contribution in [1.29, 1.82) is 0 Å². The molecule has 3 rings (SSSR count). The van der Waals surface area contributed by atoms with Crippen LogP contribution >= 0.6 is 0 Å². The van der Waals surface area contributed by atoms with Gasteiger partial charge in [0, 0.05) is 11.1 Å². The lowest BCUT2D eigenvalue weighted by Crippen LogP contribution is -2.21. The fourth-order valence-corrected chi connectivity index (χ4v) is 2.74. The Labute approximate surface area is 195 Å². The summed E-state index contributed by atoms with van der Waals surface area (Å²) in [6.45, 7) is 10.0. The molecule has 0 aliphatic carbocycles. The number of ether oxygens (including phenoxy) is 3. The molecule has 0 bridgehead atoms. The summed E-state index contributed by atoms with van der Waals surface area (Å²) in [5, 5.41) is 0. The number of hydrogen-bond donors (Lipinski definition) is 0. The highest BCUT2D eigenvalue weighted by atomic mass is 19.3. The fourth-order valence-electron chi connectivity index (χ4n) is 2.74. The molecule has 0 saturated heterocycles. The molecule has 0 saturated carbocycles. The summed E-state index contributed by atoms with van der Waals surface area (Å²) in [4.78, 5) is 23.1. The van der Waals surface area contributed by atoms with Crippen molar-refractivity contribution in [3.05, 3.63) is 103 Å². The first kappa shape index (κ1) is 24.4. The highest BCUT2D eigenvalue weighted by Crippen LogP contribution is 2.33. The van der Waals surface area contributed by atoms with Crippen LogP contribution in [-0.2, 0) is 15.7 Å². The van der Waals surface area contributed by atoms with E-state index in [-0.39, 0.29) is 17.1 Å². The van der Waals surface area contributed by atoms with E-state index in [9.17, 15) is 18.4 Å². The van der Waals surface area contributed by atoms with Crippen molar-refractivity contribution in [1.82, 2.24) is 0 Å². The zero-order chi connectivity index (χ0) is 24.9. The maximum atomic E-state index is 14.6. The lowest BCUT2D eigenvalue weighted by Gasteiger charge is -2.19. The molecule has 0 unspecified atom stereocenters. The number of carbonyl (C=O) groups excluding carboxylic acids is 2. The van der Waals surface area contributed by atoms with Crippen molar-refractivity contribution < 1.29 is 32.6 Å². The Bertz CT molecular complexity index is 1210. The van der Waals surface area contributed by atoms with Crippen LogP contribution in [-0.4, -0.2) is 11.9 Å². The van der Waals surface area contributed by atoms with Gasteiger partial charge in [0.15, 0.2) is 0 Å². The van der Waals surface area contributed by atoms with Gasteiger partial charge < -0.3 is 14.2 Å². The van der Waals surface area contributed by atoms with E-state index >= 15 is 0 Å². The van der Waals surface area contributed by atoms with Crippen LogP contribution in [0.3, 0.4) is 0 Å². The average Bonchev–Trinajstić information content (AvgIpc) is 2.80. The molecule has 3 aromatic carbocycles. The topological polar surface area (TPSA) is 61.8 Å². The largest absolute Gasteiger partial charge is 0.429 e. The van der Waals surface area contributed by atoms with Crippen LogP contribution in [0, 0.1) is 0 Å². The van der Waals surface area contributed by atoms with E-state index in [1.54, 1.807) is 43.3 Å². The molecule has 0 spiro atoms. The highest BCUT2D eigenvalue weighted by molar-refractivity contribution is 5.89. The molecule has 174 valence electrons. The van der Waals surface area contributed by atoms with Crippen LogP contribution in [0.2, 0.25) is 0 Å². The van der Waals surface area contributed by atoms with Crippen molar-refractivity contribution in [2.75, 3.05) is 0 Å². The summed E-state index contributed by atoms with van der Waals surface area (Å²) in [6, 6.07) is 17.7. The Kier molecular flexibility index (Phi) is 7.26. The van der Waals surface area contributed by atoms with Crippen molar-refractivity contribution in [3.8, 4) is 28.4 Å². The molecular formula is C27H22F2O5. The minimum atomic E-state index is -3.60. The van der Waals surface area contributed by atoms with E-state index in [1.807, 2.05) is 0 Å². The lowest BCUT2D eigenvalue weighted by molar-refractivity contribution is -0.185. The number of halogens is 2. The molecule has 34 heavy (non-hydrogen) atoms. The maximum absolute atomic E-state index is 14.6. The van der Waals surface area contributed by atoms with Gasteiger partial charge in [0.25, 0.3) is 0 Å².